The zero-order valence-corrected chi connectivity index (χ0v) is 20.0. The van der Waals surface area contributed by atoms with Crippen molar-refractivity contribution < 1.29 is 42.1 Å². The van der Waals surface area contributed by atoms with Gasteiger partial charge in [-0.25, -0.2) is 4.79 Å². The van der Waals surface area contributed by atoms with Gasteiger partial charge >= 0.3 is 18.1 Å². The molecule has 2 amide bonds. The van der Waals surface area contributed by atoms with E-state index in [9.17, 15) is 32.7 Å². The largest absolute Gasteiger partial charge is 0.506 e. The number of aromatic hydroxyl groups is 1. The second-order valence-electron chi connectivity index (χ2n) is 7.92. The van der Waals surface area contributed by atoms with Gasteiger partial charge in [0.1, 0.15) is 17.2 Å². The number of halogens is 3. The maximum absolute atomic E-state index is 12.8. The number of rotatable bonds is 6. The number of benzene rings is 3. The number of ether oxygens (including phenoxy) is 2. The Morgan fingerprint density at radius 1 is 0.919 bits per heavy atom. The van der Waals surface area contributed by atoms with Crippen LogP contribution in [-0.2, 0) is 20.5 Å². The first kappa shape index (κ1) is 27.1. The third kappa shape index (κ3) is 6.78. The molecule has 37 heavy (non-hydrogen) atoms. The van der Waals surface area contributed by atoms with E-state index in [2.05, 4.69) is 15.4 Å². The van der Waals surface area contributed by atoms with Gasteiger partial charge in [0.05, 0.1) is 17.9 Å². The van der Waals surface area contributed by atoms with Crippen molar-refractivity contribution in [3.05, 3.63) is 76.9 Å². The van der Waals surface area contributed by atoms with E-state index in [1.54, 1.807) is 32.9 Å². The number of hydrogen-bond donors (Lipinski definition) is 3. The number of hydrogen-bond acceptors (Lipinski definition) is 6. The highest BCUT2D eigenvalue weighted by Crippen LogP contribution is 2.35. The molecule has 0 saturated heterocycles. The highest BCUT2D eigenvalue weighted by molar-refractivity contribution is 6.37. The van der Waals surface area contributed by atoms with E-state index >= 15 is 0 Å². The Morgan fingerprint density at radius 2 is 1.54 bits per heavy atom. The van der Waals surface area contributed by atoms with Gasteiger partial charge in [0.25, 0.3) is 5.91 Å². The average Bonchev–Trinajstić information content (AvgIpc) is 2.83. The first-order valence-corrected chi connectivity index (χ1v) is 11.0. The number of phenolic OH excluding ortho intramolecular Hbond substituents is 1. The van der Waals surface area contributed by atoms with Gasteiger partial charge in [-0.15, -0.1) is 0 Å². The Labute approximate surface area is 210 Å². The predicted octanol–water partition coefficient (Wildman–Crippen LogP) is 5.57. The van der Waals surface area contributed by atoms with E-state index in [4.69, 9.17) is 4.74 Å². The van der Waals surface area contributed by atoms with Crippen molar-refractivity contribution in [2.45, 2.75) is 26.9 Å². The molecule has 0 aliphatic carbocycles. The predicted molar refractivity (Wildman–Crippen MR) is 129 cm³/mol. The lowest BCUT2D eigenvalue weighted by Gasteiger charge is -2.16. The molecule has 0 saturated carbocycles. The van der Waals surface area contributed by atoms with Gasteiger partial charge in [0, 0.05) is 17.3 Å². The Bertz CT molecular complexity index is 1310. The van der Waals surface area contributed by atoms with Crippen LogP contribution in [0.1, 0.15) is 34.0 Å². The van der Waals surface area contributed by atoms with E-state index in [1.807, 2.05) is 0 Å². The van der Waals surface area contributed by atoms with Gasteiger partial charge in [0.15, 0.2) is 0 Å². The molecular weight excluding hydrogens is 493 g/mol. The van der Waals surface area contributed by atoms with E-state index in [0.29, 0.717) is 22.6 Å². The van der Waals surface area contributed by atoms with Crippen LogP contribution in [0.3, 0.4) is 0 Å². The van der Waals surface area contributed by atoms with Crippen LogP contribution in [0, 0.1) is 13.8 Å². The van der Waals surface area contributed by atoms with Gasteiger partial charge in [-0.2, -0.15) is 13.2 Å². The summed E-state index contributed by atoms with van der Waals surface area (Å²) >= 11 is 0. The van der Waals surface area contributed by atoms with Crippen LogP contribution in [0.2, 0.25) is 0 Å². The van der Waals surface area contributed by atoms with E-state index in [0.717, 1.165) is 24.3 Å². The van der Waals surface area contributed by atoms with Crippen LogP contribution in [0.25, 0.3) is 0 Å². The third-order valence-corrected chi connectivity index (χ3v) is 5.09. The molecule has 0 bridgehead atoms. The van der Waals surface area contributed by atoms with Crippen molar-refractivity contribution in [3.63, 3.8) is 0 Å². The maximum atomic E-state index is 12.8. The fourth-order valence-corrected chi connectivity index (χ4v) is 3.36. The zero-order chi connectivity index (χ0) is 27.3. The molecule has 0 fully saturated rings. The Balaban J connectivity index is 1.76. The van der Waals surface area contributed by atoms with Crippen molar-refractivity contribution in [2.24, 2.45) is 0 Å². The number of nitrogens with one attached hydrogen (secondary N) is 2. The quantitative estimate of drug-likeness (QED) is 0.224. The van der Waals surface area contributed by atoms with Crippen molar-refractivity contribution in [2.75, 3.05) is 17.2 Å². The number of amides is 2. The van der Waals surface area contributed by atoms with Crippen LogP contribution >= 0.6 is 0 Å². The molecule has 0 heterocycles. The molecule has 3 rings (SSSR count). The Kier molecular flexibility index (Phi) is 8.06. The first-order valence-electron chi connectivity index (χ1n) is 11.0. The minimum absolute atomic E-state index is 0.0176. The number of aryl methyl sites for hydroxylation is 2. The summed E-state index contributed by atoms with van der Waals surface area (Å²) in [5.74, 6) is -2.25. The monoisotopic (exact) mass is 516 g/mol. The zero-order valence-electron chi connectivity index (χ0n) is 20.0. The molecule has 0 unspecified atom stereocenters. The van der Waals surface area contributed by atoms with E-state index in [-0.39, 0.29) is 29.4 Å². The summed E-state index contributed by atoms with van der Waals surface area (Å²) in [5, 5.41) is 15.1. The molecule has 8 nitrogen and oxygen atoms in total. The number of anilines is 2. The molecule has 0 aliphatic rings. The second kappa shape index (κ2) is 11.0. The summed E-state index contributed by atoms with van der Waals surface area (Å²) in [4.78, 5) is 36.0. The van der Waals surface area contributed by atoms with Gasteiger partial charge in [-0.05, 0) is 80.4 Å². The molecule has 0 aromatic heterocycles. The molecule has 194 valence electrons. The van der Waals surface area contributed by atoms with Crippen molar-refractivity contribution in [1.82, 2.24) is 0 Å². The molecular formula is C26H23F3N2O6. The fraction of sp³-hybridized carbons (Fsp3) is 0.192. The Hall–Kier alpha value is -4.54. The minimum atomic E-state index is -4.53. The fourth-order valence-electron chi connectivity index (χ4n) is 3.36. The van der Waals surface area contributed by atoms with E-state index < -0.39 is 29.5 Å². The van der Waals surface area contributed by atoms with Gasteiger partial charge in [-0.3, -0.25) is 9.59 Å². The molecule has 3 aromatic rings. The number of carbonyl (C=O) groups excluding carboxylic acids is 3. The van der Waals surface area contributed by atoms with Crippen molar-refractivity contribution >= 4 is 29.2 Å². The van der Waals surface area contributed by atoms with Gasteiger partial charge in [0.2, 0.25) is 0 Å². The van der Waals surface area contributed by atoms with Crippen LogP contribution in [0.5, 0.6) is 17.2 Å². The topological polar surface area (TPSA) is 114 Å². The lowest BCUT2D eigenvalue weighted by molar-refractivity contribution is -0.152. The van der Waals surface area contributed by atoms with Crippen LogP contribution < -0.4 is 15.4 Å². The Morgan fingerprint density at radius 3 is 2.11 bits per heavy atom. The second-order valence-corrected chi connectivity index (χ2v) is 7.92. The first-order chi connectivity index (χ1) is 17.4. The average molecular weight is 516 g/mol. The summed E-state index contributed by atoms with van der Waals surface area (Å²) in [6.45, 7) is 5.09. The molecule has 3 N–H and O–H groups in total. The van der Waals surface area contributed by atoms with Crippen LogP contribution in [0.4, 0.5) is 24.5 Å². The highest BCUT2D eigenvalue weighted by Gasteiger charge is 2.30. The number of alkyl halides is 3. The third-order valence-electron chi connectivity index (χ3n) is 5.09. The lowest BCUT2D eigenvalue weighted by Crippen LogP contribution is -2.25. The summed E-state index contributed by atoms with van der Waals surface area (Å²) in [6.07, 6.45) is -4.53. The molecule has 0 atom stereocenters. The van der Waals surface area contributed by atoms with Crippen molar-refractivity contribution in [3.8, 4) is 17.2 Å². The molecule has 3 aromatic carbocycles. The minimum Gasteiger partial charge on any atom is -0.506 e. The van der Waals surface area contributed by atoms with Gasteiger partial charge in [-0.1, -0.05) is 0 Å². The number of carbonyl (C=O) groups is 3. The van der Waals surface area contributed by atoms with E-state index in [1.165, 1.54) is 18.2 Å². The summed E-state index contributed by atoms with van der Waals surface area (Å²) in [6, 6.07) is 10.9. The maximum Gasteiger partial charge on any atom is 0.416 e. The molecule has 11 heteroatoms. The normalized spacial score (nSPS) is 11.0. The van der Waals surface area contributed by atoms with Gasteiger partial charge < -0.3 is 25.2 Å². The highest BCUT2D eigenvalue weighted by atomic mass is 19.4. The smallest absolute Gasteiger partial charge is 0.416 e. The van der Waals surface area contributed by atoms with Crippen LogP contribution in [-0.4, -0.2) is 29.5 Å². The standard InChI is InChI=1S/C26H23F3N2O6/c1-4-36-25(35)24(34)30-18-11-14(2)22(15(3)12-18)37-19-9-10-21(32)20(13-19)31-23(33)16-5-7-17(8-6-16)26(27,28)29/h5-13,32H,4H2,1-3H3,(H,30,34)(H,31,33). The molecule has 0 aliphatic heterocycles. The SMILES string of the molecule is CCOC(=O)C(=O)Nc1cc(C)c(Oc2ccc(O)c(NC(=O)c3ccc(C(F)(F)F)cc3)c2)c(C)c1. The summed E-state index contributed by atoms with van der Waals surface area (Å²) in [5.41, 5.74) is 0.641. The number of esters is 1. The summed E-state index contributed by atoms with van der Waals surface area (Å²) in [7, 11) is 0. The number of phenols is 1. The lowest BCUT2D eigenvalue weighted by atomic mass is 10.1. The van der Waals surface area contributed by atoms with Crippen molar-refractivity contribution in [1.29, 1.82) is 0 Å². The van der Waals surface area contributed by atoms with Crippen LogP contribution in [0.15, 0.2) is 54.6 Å². The molecule has 0 spiro atoms. The summed E-state index contributed by atoms with van der Waals surface area (Å²) < 4.78 is 48.9. The molecule has 0 radical (unpaired) electrons.